The third-order valence-electron chi connectivity index (χ3n) is 7.43. The molecular weight excluding hydrogens is 567 g/mol. The van der Waals surface area contributed by atoms with E-state index >= 15 is 0 Å². The second-order valence-electron chi connectivity index (χ2n) is 11.7. The van der Waals surface area contributed by atoms with Gasteiger partial charge in [-0.2, -0.15) is 23.5 Å². The monoisotopic (exact) mass is 593 g/mol. The van der Waals surface area contributed by atoms with Crippen molar-refractivity contribution in [2.45, 2.75) is 51.4 Å². The van der Waals surface area contributed by atoms with Gasteiger partial charge in [0.05, 0.1) is 39.5 Å². The van der Waals surface area contributed by atoms with E-state index in [1.165, 1.54) is 12.4 Å². The van der Waals surface area contributed by atoms with Crippen LogP contribution in [0.25, 0.3) is 16.4 Å². The minimum absolute atomic E-state index is 0.0472. The molecule has 6 rings (SSSR count). The lowest BCUT2D eigenvalue weighted by atomic mass is 9.96. The van der Waals surface area contributed by atoms with E-state index in [9.17, 15) is 18.4 Å². The lowest BCUT2D eigenvalue weighted by Crippen LogP contribution is -2.35. The van der Waals surface area contributed by atoms with Gasteiger partial charge in [0, 0.05) is 41.8 Å². The molecule has 5 aromatic rings. The van der Waals surface area contributed by atoms with Crippen molar-refractivity contribution in [3.05, 3.63) is 77.0 Å². The molecule has 216 valence electrons. The normalized spacial score (nSPS) is 15.5. The Hall–Kier alpha value is -4.37. The molecule has 13 heteroatoms. The number of nitrogens with zero attached hydrogens (tertiary/aromatic N) is 7. The van der Waals surface area contributed by atoms with Crippen LogP contribution in [0.2, 0.25) is 5.02 Å². The first-order chi connectivity index (χ1) is 19.9. The number of alkyl halides is 3. The van der Waals surface area contributed by atoms with Crippen molar-refractivity contribution in [2.75, 3.05) is 17.2 Å². The van der Waals surface area contributed by atoms with Gasteiger partial charge in [-0.15, -0.1) is 5.10 Å². The van der Waals surface area contributed by atoms with E-state index in [2.05, 4.69) is 57.9 Å². The molecule has 0 spiro atoms. The Morgan fingerprint density at radius 2 is 1.98 bits per heavy atom. The smallest absolute Gasteiger partial charge is 0.383 e. The second kappa shape index (κ2) is 9.87. The van der Waals surface area contributed by atoms with Crippen LogP contribution >= 0.6 is 11.6 Å². The van der Waals surface area contributed by atoms with Crippen LogP contribution in [0.1, 0.15) is 56.5 Å². The van der Waals surface area contributed by atoms with E-state index < -0.39 is 17.8 Å². The van der Waals surface area contributed by atoms with Gasteiger partial charge in [-0.05, 0) is 42.5 Å². The van der Waals surface area contributed by atoms with Crippen LogP contribution in [0, 0.1) is 16.7 Å². The Morgan fingerprint density at radius 3 is 2.67 bits per heavy atom. The van der Waals surface area contributed by atoms with E-state index in [1.54, 1.807) is 29.0 Å². The molecule has 1 aromatic carbocycles. The summed E-state index contributed by atoms with van der Waals surface area (Å²) in [5.74, 6) is 0. The zero-order valence-electron chi connectivity index (χ0n) is 23.0. The Kier molecular flexibility index (Phi) is 6.53. The first kappa shape index (κ1) is 27.8. The number of aromatic nitrogens is 6. The van der Waals surface area contributed by atoms with Crippen molar-refractivity contribution in [1.82, 2.24) is 29.6 Å². The van der Waals surface area contributed by atoms with Crippen molar-refractivity contribution in [3.63, 3.8) is 0 Å². The highest BCUT2D eigenvalue weighted by molar-refractivity contribution is 6.35. The molecule has 42 heavy (non-hydrogen) atoms. The SMILES string of the molecule is CC(C)(C)CNc1c(C#N)cnc2c(Cl)cc(NC(c3cn(C4(C(F)(F)F)CC4)nn3)c3cccn4nccc34)cc12. The fraction of sp³-hybridized carbons (Fsp3) is 0.345. The Morgan fingerprint density at radius 1 is 1.19 bits per heavy atom. The van der Waals surface area contributed by atoms with Crippen LogP contribution < -0.4 is 10.6 Å². The maximum absolute atomic E-state index is 13.9. The Bertz CT molecular complexity index is 1840. The number of anilines is 2. The Labute approximate surface area is 244 Å². The van der Waals surface area contributed by atoms with Crippen LogP contribution in [-0.4, -0.2) is 42.3 Å². The fourth-order valence-electron chi connectivity index (χ4n) is 5.05. The molecule has 1 aliphatic carbocycles. The molecule has 1 saturated carbocycles. The summed E-state index contributed by atoms with van der Waals surface area (Å²) < 4.78 is 44.3. The third kappa shape index (κ3) is 4.87. The molecule has 0 amide bonds. The minimum Gasteiger partial charge on any atom is -0.383 e. The topological polar surface area (TPSA) is 109 Å². The molecular formula is C29H27ClF3N9. The number of hydrogen-bond acceptors (Lipinski definition) is 7. The number of pyridine rings is 2. The number of rotatable bonds is 7. The molecule has 4 aromatic heterocycles. The number of nitriles is 1. The number of fused-ring (bicyclic) bond motifs is 2. The number of benzene rings is 1. The summed E-state index contributed by atoms with van der Waals surface area (Å²) in [6.07, 6.45) is 1.73. The van der Waals surface area contributed by atoms with E-state index in [0.717, 1.165) is 15.8 Å². The predicted octanol–water partition coefficient (Wildman–Crippen LogP) is 6.71. The predicted molar refractivity (Wildman–Crippen MR) is 153 cm³/mol. The number of halogens is 4. The van der Waals surface area contributed by atoms with Gasteiger partial charge in [-0.25, -0.2) is 9.20 Å². The van der Waals surface area contributed by atoms with Crippen molar-refractivity contribution in [3.8, 4) is 6.07 Å². The van der Waals surface area contributed by atoms with Crippen LogP contribution in [0.5, 0.6) is 0 Å². The van der Waals surface area contributed by atoms with Gasteiger partial charge >= 0.3 is 6.18 Å². The quantitative estimate of drug-likeness (QED) is 0.216. The average molecular weight is 594 g/mol. The molecule has 0 radical (unpaired) electrons. The molecule has 1 unspecified atom stereocenters. The van der Waals surface area contributed by atoms with Crippen molar-refractivity contribution < 1.29 is 13.2 Å². The third-order valence-corrected chi connectivity index (χ3v) is 7.72. The molecule has 1 fully saturated rings. The largest absolute Gasteiger partial charge is 0.413 e. The first-order valence-electron chi connectivity index (χ1n) is 13.3. The zero-order valence-corrected chi connectivity index (χ0v) is 23.8. The maximum atomic E-state index is 13.9. The van der Waals surface area contributed by atoms with E-state index in [-0.39, 0.29) is 18.3 Å². The van der Waals surface area contributed by atoms with Crippen LogP contribution in [0.3, 0.4) is 0 Å². The molecule has 1 aliphatic rings. The summed E-state index contributed by atoms with van der Waals surface area (Å²) in [7, 11) is 0. The Balaban J connectivity index is 1.47. The second-order valence-corrected chi connectivity index (χ2v) is 12.2. The van der Waals surface area contributed by atoms with Crippen molar-refractivity contribution in [1.29, 1.82) is 5.26 Å². The zero-order chi connectivity index (χ0) is 29.9. The summed E-state index contributed by atoms with van der Waals surface area (Å²) in [4.78, 5) is 4.42. The maximum Gasteiger partial charge on any atom is 0.413 e. The molecule has 1 atom stereocenters. The molecule has 0 aliphatic heterocycles. The van der Waals surface area contributed by atoms with Gasteiger partial charge < -0.3 is 10.6 Å². The lowest BCUT2D eigenvalue weighted by Gasteiger charge is -2.23. The van der Waals surface area contributed by atoms with Crippen LogP contribution in [-0.2, 0) is 5.54 Å². The summed E-state index contributed by atoms with van der Waals surface area (Å²) >= 11 is 6.71. The lowest BCUT2D eigenvalue weighted by molar-refractivity contribution is -0.182. The van der Waals surface area contributed by atoms with Crippen LogP contribution in [0.4, 0.5) is 24.5 Å². The molecule has 0 bridgehead atoms. The van der Waals surface area contributed by atoms with E-state index in [0.29, 0.717) is 45.1 Å². The summed E-state index contributed by atoms with van der Waals surface area (Å²) in [5.41, 5.74) is 1.70. The van der Waals surface area contributed by atoms with Gasteiger partial charge in [-0.1, -0.05) is 43.7 Å². The first-order valence-corrected chi connectivity index (χ1v) is 13.7. The van der Waals surface area contributed by atoms with Crippen molar-refractivity contribution in [2.24, 2.45) is 5.41 Å². The van der Waals surface area contributed by atoms with Gasteiger partial charge in [0.25, 0.3) is 0 Å². The van der Waals surface area contributed by atoms with Gasteiger partial charge in [0.15, 0.2) is 5.54 Å². The summed E-state index contributed by atoms with van der Waals surface area (Å²) in [5, 5.41) is 30.0. The molecule has 0 saturated heterocycles. The average Bonchev–Trinajstić information content (AvgIpc) is 3.37. The standard InChI is InChI=1S/C29H27ClF3N9/c1-27(2,3)16-36-24-17(13-34)14-35-25-20(24)11-18(12-21(25)30)38-26(19-5-4-10-41-23(19)6-9-37-41)22-15-42(40-39-22)28(7-8-28)29(31,32)33/h4-6,9-12,14-15,26,38H,7-8,16H2,1-3H3,(H,35,36). The van der Waals surface area contributed by atoms with Gasteiger partial charge in [-0.3, -0.25) is 4.98 Å². The van der Waals surface area contributed by atoms with E-state index in [4.69, 9.17) is 11.6 Å². The molecule has 2 N–H and O–H groups in total. The van der Waals surface area contributed by atoms with E-state index in [1.807, 2.05) is 18.2 Å². The highest BCUT2D eigenvalue weighted by Crippen LogP contribution is 2.55. The highest BCUT2D eigenvalue weighted by Gasteiger charge is 2.66. The van der Waals surface area contributed by atoms with Gasteiger partial charge in [0.2, 0.25) is 0 Å². The van der Waals surface area contributed by atoms with Crippen molar-refractivity contribution >= 4 is 39.4 Å². The highest BCUT2D eigenvalue weighted by atomic mass is 35.5. The fourth-order valence-corrected chi connectivity index (χ4v) is 5.32. The van der Waals surface area contributed by atoms with Crippen LogP contribution in [0.15, 0.2) is 55.1 Å². The van der Waals surface area contributed by atoms with Gasteiger partial charge in [0.1, 0.15) is 11.8 Å². The number of nitrogens with one attached hydrogen (secondary N) is 2. The number of hydrogen-bond donors (Lipinski definition) is 2. The summed E-state index contributed by atoms with van der Waals surface area (Å²) in [6.45, 7) is 6.82. The molecule has 9 nitrogen and oxygen atoms in total. The minimum atomic E-state index is -4.44. The molecule has 4 heterocycles. The summed E-state index contributed by atoms with van der Waals surface area (Å²) in [6, 6.07) is 10.5.